The Balaban J connectivity index is 2.45. The Kier molecular flexibility index (Phi) is 6.26. The second-order valence-corrected chi connectivity index (χ2v) is 4.93. The second kappa shape index (κ2) is 7.24. The van der Waals surface area contributed by atoms with Gasteiger partial charge in [-0.3, -0.25) is 4.90 Å². The van der Waals surface area contributed by atoms with Gasteiger partial charge in [-0.15, -0.1) is 0 Å². The summed E-state index contributed by atoms with van der Waals surface area (Å²) in [6.07, 6.45) is 9.41. The van der Waals surface area contributed by atoms with Gasteiger partial charge in [-0.05, 0) is 52.1 Å². The molecule has 1 heterocycles. The van der Waals surface area contributed by atoms with E-state index in [-0.39, 0.29) is 0 Å². The van der Waals surface area contributed by atoms with Gasteiger partial charge in [0.05, 0.1) is 0 Å². The van der Waals surface area contributed by atoms with Crippen LogP contribution in [-0.4, -0.2) is 30.1 Å². The van der Waals surface area contributed by atoms with Crippen molar-refractivity contribution in [3.05, 3.63) is 0 Å². The number of hydrogen-bond donors (Lipinski definition) is 1. The predicted molar refractivity (Wildman–Crippen MR) is 67.0 cm³/mol. The number of nitrogens with two attached hydrogens (primary N) is 1. The SMILES string of the molecule is CCC1CCCCCN1C(C)CCCN. The zero-order valence-corrected chi connectivity index (χ0v) is 10.5. The molecule has 0 aliphatic carbocycles. The average molecular weight is 212 g/mol. The Morgan fingerprint density at radius 1 is 1.33 bits per heavy atom. The Bertz CT molecular complexity index is 159. The Labute approximate surface area is 95.2 Å². The van der Waals surface area contributed by atoms with Gasteiger partial charge in [-0.25, -0.2) is 0 Å². The smallest absolute Gasteiger partial charge is 0.00954 e. The van der Waals surface area contributed by atoms with E-state index >= 15 is 0 Å². The van der Waals surface area contributed by atoms with Crippen LogP contribution in [0.3, 0.4) is 0 Å². The van der Waals surface area contributed by atoms with Crippen molar-refractivity contribution in [1.29, 1.82) is 0 Å². The highest BCUT2D eigenvalue weighted by atomic mass is 15.2. The zero-order chi connectivity index (χ0) is 11.1. The van der Waals surface area contributed by atoms with Crippen molar-refractivity contribution in [3.63, 3.8) is 0 Å². The zero-order valence-electron chi connectivity index (χ0n) is 10.5. The van der Waals surface area contributed by atoms with Crippen LogP contribution in [0.5, 0.6) is 0 Å². The molecular formula is C13H28N2. The summed E-state index contributed by atoms with van der Waals surface area (Å²) < 4.78 is 0. The molecular weight excluding hydrogens is 184 g/mol. The lowest BCUT2D eigenvalue weighted by molar-refractivity contribution is 0.134. The van der Waals surface area contributed by atoms with Crippen LogP contribution in [0.15, 0.2) is 0 Å². The molecule has 2 unspecified atom stereocenters. The van der Waals surface area contributed by atoms with Gasteiger partial charge in [0.1, 0.15) is 0 Å². The Morgan fingerprint density at radius 3 is 2.80 bits per heavy atom. The number of hydrogen-bond acceptors (Lipinski definition) is 2. The second-order valence-electron chi connectivity index (χ2n) is 4.93. The quantitative estimate of drug-likeness (QED) is 0.759. The monoisotopic (exact) mass is 212 g/mol. The summed E-state index contributed by atoms with van der Waals surface area (Å²) >= 11 is 0. The number of rotatable bonds is 5. The average Bonchev–Trinajstić information content (AvgIpc) is 2.50. The van der Waals surface area contributed by atoms with E-state index in [9.17, 15) is 0 Å². The van der Waals surface area contributed by atoms with Gasteiger partial charge in [0.2, 0.25) is 0 Å². The molecule has 0 amide bonds. The first-order chi connectivity index (χ1) is 7.29. The van der Waals surface area contributed by atoms with Gasteiger partial charge in [-0.2, -0.15) is 0 Å². The minimum absolute atomic E-state index is 0.733. The van der Waals surface area contributed by atoms with Crippen LogP contribution in [0.1, 0.15) is 58.8 Å². The molecule has 1 aliphatic heterocycles. The van der Waals surface area contributed by atoms with Gasteiger partial charge in [-0.1, -0.05) is 19.8 Å². The molecule has 0 bridgehead atoms. The minimum Gasteiger partial charge on any atom is -0.330 e. The summed E-state index contributed by atoms with van der Waals surface area (Å²) in [4.78, 5) is 2.74. The van der Waals surface area contributed by atoms with Crippen LogP contribution in [0.4, 0.5) is 0 Å². The van der Waals surface area contributed by atoms with Crippen molar-refractivity contribution in [2.45, 2.75) is 70.9 Å². The summed E-state index contributed by atoms with van der Waals surface area (Å²) in [6.45, 7) is 6.86. The fourth-order valence-corrected chi connectivity index (χ4v) is 2.80. The van der Waals surface area contributed by atoms with Crippen molar-refractivity contribution in [1.82, 2.24) is 4.90 Å². The highest BCUT2D eigenvalue weighted by molar-refractivity contribution is 4.78. The third-order valence-corrected chi connectivity index (χ3v) is 3.79. The molecule has 1 fully saturated rings. The molecule has 0 aromatic rings. The molecule has 0 radical (unpaired) electrons. The first-order valence-corrected chi connectivity index (χ1v) is 6.75. The molecule has 0 aromatic heterocycles. The first kappa shape index (κ1) is 13.0. The highest BCUT2D eigenvalue weighted by Gasteiger charge is 2.23. The Hall–Kier alpha value is -0.0800. The molecule has 0 aromatic carbocycles. The van der Waals surface area contributed by atoms with E-state index in [1.165, 1.54) is 51.5 Å². The fourth-order valence-electron chi connectivity index (χ4n) is 2.80. The lowest BCUT2D eigenvalue weighted by Crippen LogP contribution is -2.41. The molecule has 2 nitrogen and oxygen atoms in total. The molecule has 15 heavy (non-hydrogen) atoms. The van der Waals surface area contributed by atoms with Crippen LogP contribution in [0, 0.1) is 0 Å². The van der Waals surface area contributed by atoms with Crippen molar-refractivity contribution in [2.75, 3.05) is 13.1 Å². The minimum atomic E-state index is 0.733. The van der Waals surface area contributed by atoms with E-state index in [1.807, 2.05) is 0 Å². The van der Waals surface area contributed by atoms with Crippen LogP contribution >= 0.6 is 0 Å². The van der Waals surface area contributed by atoms with Crippen molar-refractivity contribution in [2.24, 2.45) is 5.73 Å². The molecule has 1 rings (SSSR count). The summed E-state index contributed by atoms with van der Waals surface area (Å²) in [5.74, 6) is 0. The largest absolute Gasteiger partial charge is 0.330 e. The van der Waals surface area contributed by atoms with Crippen LogP contribution in [-0.2, 0) is 0 Å². The lowest BCUT2D eigenvalue weighted by atomic mass is 10.0. The van der Waals surface area contributed by atoms with Gasteiger partial charge >= 0.3 is 0 Å². The van der Waals surface area contributed by atoms with Crippen molar-refractivity contribution in [3.8, 4) is 0 Å². The van der Waals surface area contributed by atoms with E-state index in [1.54, 1.807) is 0 Å². The van der Waals surface area contributed by atoms with E-state index < -0.39 is 0 Å². The third-order valence-electron chi connectivity index (χ3n) is 3.79. The van der Waals surface area contributed by atoms with Gasteiger partial charge in [0, 0.05) is 12.1 Å². The maximum Gasteiger partial charge on any atom is 0.00954 e. The van der Waals surface area contributed by atoms with Crippen molar-refractivity contribution >= 4 is 0 Å². The number of likely N-dealkylation sites (tertiary alicyclic amines) is 1. The molecule has 90 valence electrons. The molecule has 0 spiro atoms. The normalized spacial score (nSPS) is 26.2. The third kappa shape index (κ3) is 4.12. The summed E-state index contributed by atoms with van der Waals surface area (Å²) in [7, 11) is 0. The standard InChI is InChI=1S/C13H28N2/c1-3-13-9-5-4-6-11-15(13)12(2)8-7-10-14/h12-13H,3-11,14H2,1-2H3. The fraction of sp³-hybridized carbons (Fsp3) is 1.00. The number of nitrogens with zero attached hydrogens (tertiary/aromatic N) is 1. The van der Waals surface area contributed by atoms with Crippen LogP contribution in [0.2, 0.25) is 0 Å². The van der Waals surface area contributed by atoms with E-state index in [2.05, 4.69) is 18.7 Å². The van der Waals surface area contributed by atoms with E-state index in [4.69, 9.17) is 5.73 Å². The van der Waals surface area contributed by atoms with Crippen LogP contribution in [0.25, 0.3) is 0 Å². The topological polar surface area (TPSA) is 29.3 Å². The lowest BCUT2D eigenvalue weighted by Gasteiger charge is -2.34. The van der Waals surface area contributed by atoms with Gasteiger partial charge in [0.15, 0.2) is 0 Å². The summed E-state index contributed by atoms with van der Waals surface area (Å²) in [6, 6.07) is 1.57. The first-order valence-electron chi connectivity index (χ1n) is 6.75. The molecule has 2 heteroatoms. The predicted octanol–water partition coefficient (Wildman–Crippen LogP) is 2.77. The van der Waals surface area contributed by atoms with Gasteiger partial charge < -0.3 is 5.73 Å². The molecule has 1 aliphatic rings. The van der Waals surface area contributed by atoms with E-state index in [0.717, 1.165) is 18.6 Å². The molecule has 1 saturated heterocycles. The van der Waals surface area contributed by atoms with Crippen LogP contribution < -0.4 is 5.73 Å². The summed E-state index contributed by atoms with van der Waals surface area (Å²) in [5.41, 5.74) is 5.59. The van der Waals surface area contributed by atoms with Gasteiger partial charge in [0.25, 0.3) is 0 Å². The maximum atomic E-state index is 5.59. The van der Waals surface area contributed by atoms with E-state index in [0.29, 0.717) is 0 Å². The maximum absolute atomic E-state index is 5.59. The Morgan fingerprint density at radius 2 is 2.13 bits per heavy atom. The summed E-state index contributed by atoms with van der Waals surface area (Å²) in [5, 5.41) is 0. The molecule has 0 saturated carbocycles. The molecule has 2 atom stereocenters. The molecule has 2 N–H and O–H groups in total. The highest BCUT2D eigenvalue weighted by Crippen LogP contribution is 2.22. The van der Waals surface area contributed by atoms with Crippen molar-refractivity contribution < 1.29 is 0 Å².